The van der Waals surface area contributed by atoms with E-state index in [9.17, 15) is 13.2 Å². The minimum Gasteiger partial charge on any atom is -0.295 e. The van der Waals surface area contributed by atoms with E-state index in [2.05, 4.69) is 9.97 Å². The predicted molar refractivity (Wildman–Crippen MR) is 69.4 cm³/mol. The van der Waals surface area contributed by atoms with Gasteiger partial charge in [-0.05, 0) is 13.3 Å². The van der Waals surface area contributed by atoms with E-state index in [-0.39, 0.29) is 10.8 Å². The third-order valence-corrected chi connectivity index (χ3v) is 4.17. The molecule has 0 spiro atoms. The molecular weight excluding hydrogens is 268 g/mol. The van der Waals surface area contributed by atoms with Crippen LogP contribution in [-0.4, -0.2) is 30.8 Å². The third kappa shape index (κ3) is 2.64. The summed E-state index contributed by atoms with van der Waals surface area (Å²) in [5.41, 5.74) is 0. The highest BCUT2D eigenvalue weighted by molar-refractivity contribution is 7.93. The summed E-state index contributed by atoms with van der Waals surface area (Å²) in [6, 6.07) is 0. The first-order valence-corrected chi connectivity index (χ1v) is 7.26. The van der Waals surface area contributed by atoms with Crippen LogP contribution in [0.4, 0.5) is 5.82 Å². The van der Waals surface area contributed by atoms with Crippen molar-refractivity contribution in [2.75, 3.05) is 11.4 Å². The molecule has 0 aliphatic carbocycles. The number of anilines is 1. The summed E-state index contributed by atoms with van der Waals surface area (Å²) in [7, 11) is -3.86. The lowest BCUT2D eigenvalue weighted by Crippen LogP contribution is -2.31. The van der Waals surface area contributed by atoms with Crippen molar-refractivity contribution in [1.29, 1.82) is 0 Å². The van der Waals surface area contributed by atoms with Crippen molar-refractivity contribution in [3.05, 3.63) is 29.6 Å². The highest BCUT2D eigenvalue weighted by Crippen LogP contribution is 2.29. The summed E-state index contributed by atoms with van der Waals surface area (Å²) in [5, 5.41) is 5.12. The van der Waals surface area contributed by atoms with Gasteiger partial charge in [0.05, 0.1) is 17.0 Å². The Morgan fingerprint density at radius 1 is 1.53 bits per heavy atom. The molecule has 1 amide bonds. The van der Waals surface area contributed by atoms with Gasteiger partial charge in [0.1, 0.15) is 0 Å². The Bertz CT molecular complexity index is 612. The molecule has 0 saturated carbocycles. The van der Waals surface area contributed by atoms with Gasteiger partial charge in [-0.1, -0.05) is 6.08 Å². The van der Waals surface area contributed by atoms with Crippen LogP contribution in [0.2, 0.25) is 0 Å². The predicted octanol–water partition coefficient (Wildman–Crippen LogP) is 0.0218. The molecule has 19 heavy (non-hydrogen) atoms. The van der Waals surface area contributed by atoms with Crippen molar-refractivity contribution in [3.8, 4) is 0 Å². The smallest absolute Gasteiger partial charge is 0.236 e. The lowest BCUT2D eigenvalue weighted by atomic mass is 10.1. The monoisotopic (exact) mass is 282 g/mol. The first-order valence-electron chi connectivity index (χ1n) is 5.71. The number of nitrogens with two attached hydrogens (primary N) is 1. The zero-order valence-corrected chi connectivity index (χ0v) is 11.2. The van der Waals surface area contributed by atoms with Gasteiger partial charge in [-0.3, -0.25) is 14.7 Å². The van der Waals surface area contributed by atoms with E-state index in [1.165, 1.54) is 29.6 Å². The zero-order chi connectivity index (χ0) is 14.0. The molecule has 2 rings (SSSR count). The van der Waals surface area contributed by atoms with E-state index < -0.39 is 15.9 Å². The second-order valence-electron chi connectivity index (χ2n) is 4.13. The van der Waals surface area contributed by atoms with Gasteiger partial charge in [0.15, 0.2) is 5.82 Å². The minimum absolute atomic E-state index is 0.0381. The number of hydrogen-bond acceptors (Lipinski definition) is 5. The molecule has 7 nitrogen and oxygen atoms in total. The molecule has 0 bridgehead atoms. The lowest BCUT2D eigenvalue weighted by molar-refractivity contribution is -0.119. The van der Waals surface area contributed by atoms with Crippen molar-refractivity contribution >= 4 is 21.7 Å². The molecule has 2 heterocycles. The fraction of sp³-hybridized carbons (Fsp3) is 0.364. The molecule has 1 aliphatic rings. The molecule has 1 aromatic heterocycles. The van der Waals surface area contributed by atoms with Gasteiger partial charge in [0.25, 0.3) is 0 Å². The fourth-order valence-corrected chi connectivity index (χ4v) is 3.11. The fourth-order valence-electron chi connectivity index (χ4n) is 2.17. The van der Waals surface area contributed by atoms with Crippen LogP contribution >= 0.6 is 0 Å². The van der Waals surface area contributed by atoms with Gasteiger partial charge < -0.3 is 0 Å². The van der Waals surface area contributed by atoms with Crippen LogP contribution < -0.4 is 10.0 Å². The summed E-state index contributed by atoms with van der Waals surface area (Å²) >= 11 is 0. The summed E-state index contributed by atoms with van der Waals surface area (Å²) in [6.07, 6.45) is 6.21. The second-order valence-corrected chi connectivity index (χ2v) is 5.69. The van der Waals surface area contributed by atoms with Crippen LogP contribution in [0.3, 0.4) is 0 Å². The van der Waals surface area contributed by atoms with Gasteiger partial charge in [0.2, 0.25) is 15.9 Å². The van der Waals surface area contributed by atoms with E-state index >= 15 is 0 Å². The average Bonchev–Trinajstić information content (AvgIpc) is 2.72. The highest BCUT2D eigenvalue weighted by Gasteiger charge is 2.38. The Kier molecular flexibility index (Phi) is 3.63. The van der Waals surface area contributed by atoms with Crippen LogP contribution in [0.15, 0.2) is 29.6 Å². The van der Waals surface area contributed by atoms with Crippen LogP contribution in [0, 0.1) is 5.92 Å². The number of allylic oxidation sites excluding steroid dienone is 1. The number of hydrogen-bond donors (Lipinski definition) is 1. The summed E-state index contributed by atoms with van der Waals surface area (Å²) in [4.78, 5) is 21.6. The second kappa shape index (κ2) is 5.06. The number of amides is 1. The summed E-state index contributed by atoms with van der Waals surface area (Å²) < 4.78 is 22.9. The number of primary sulfonamides is 1. The van der Waals surface area contributed by atoms with E-state index in [0.29, 0.717) is 18.8 Å². The number of sulfonamides is 1. The Morgan fingerprint density at radius 2 is 2.26 bits per heavy atom. The van der Waals surface area contributed by atoms with Crippen molar-refractivity contribution in [2.45, 2.75) is 13.3 Å². The van der Waals surface area contributed by atoms with Gasteiger partial charge >= 0.3 is 0 Å². The van der Waals surface area contributed by atoms with E-state index in [0.717, 1.165) is 0 Å². The Labute approximate surface area is 111 Å². The van der Waals surface area contributed by atoms with Gasteiger partial charge in [-0.25, -0.2) is 18.5 Å². The van der Waals surface area contributed by atoms with Crippen molar-refractivity contribution in [1.82, 2.24) is 9.97 Å². The van der Waals surface area contributed by atoms with E-state index in [1.807, 2.05) is 0 Å². The normalized spacial score (nSPS) is 20.9. The molecule has 1 fully saturated rings. The molecule has 0 unspecified atom stereocenters. The van der Waals surface area contributed by atoms with Crippen LogP contribution in [0.25, 0.3) is 0 Å². The number of nitrogens with zero attached hydrogens (tertiary/aromatic N) is 3. The maximum absolute atomic E-state index is 12.3. The first-order chi connectivity index (χ1) is 8.95. The number of carbonyl (C=O) groups excluding carboxylic acids is 1. The van der Waals surface area contributed by atoms with Gasteiger partial charge in [0, 0.05) is 18.9 Å². The van der Waals surface area contributed by atoms with Crippen LogP contribution in [-0.2, 0) is 14.8 Å². The van der Waals surface area contributed by atoms with Crippen LogP contribution in [0.5, 0.6) is 0 Å². The standard InChI is InChI=1S/C11H14N4O3S/c1-2-9(19(12,17)18)8-3-6-15(11(8)16)10-7-13-4-5-14-10/h2,4-5,7-8H,3,6H2,1H3,(H2,12,17,18)/t8-/m1/s1. The molecule has 0 aromatic carbocycles. The molecular formula is C11H14N4O3S. The molecule has 8 heteroatoms. The first kappa shape index (κ1) is 13.6. The van der Waals surface area contributed by atoms with Crippen molar-refractivity contribution in [2.24, 2.45) is 11.1 Å². The topological polar surface area (TPSA) is 106 Å². The zero-order valence-electron chi connectivity index (χ0n) is 10.4. The molecule has 1 aliphatic heterocycles. The molecule has 1 atom stereocenters. The Hall–Kier alpha value is -1.80. The average molecular weight is 282 g/mol. The van der Waals surface area contributed by atoms with Crippen molar-refractivity contribution < 1.29 is 13.2 Å². The largest absolute Gasteiger partial charge is 0.295 e. The Balaban J connectivity index is 2.29. The molecule has 1 saturated heterocycles. The van der Waals surface area contributed by atoms with Crippen LogP contribution in [0.1, 0.15) is 13.3 Å². The van der Waals surface area contributed by atoms with Crippen molar-refractivity contribution in [3.63, 3.8) is 0 Å². The van der Waals surface area contributed by atoms with E-state index in [4.69, 9.17) is 5.14 Å². The number of rotatable bonds is 3. The number of carbonyl (C=O) groups is 1. The maximum atomic E-state index is 12.3. The molecule has 0 radical (unpaired) electrons. The summed E-state index contributed by atoms with van der Waals surface area (Å²) in [5.74, 6) is -0.635. The number of aromatic nitrogens is 2. The lowest BCUT2D eigenvalue weighted by Gasteiger charge is -2.15. The third-order valence-electron chi connectivity index (χ3n) is 2.99. The maximum Gasteiger partial charge on any atom is 0.236 e. The minimum atomic E-state index is -3.86. The Morgan fingerprint density at radius 3 is 2.79 bits per heavy atom. The van der Waals surface area contributed by atoms with Gasteiger partial charge in [-0.2, -0.15) is 0 Å². The summed E-state index contributed by atoms with van der Waals surface area (Å²) in [6.45, 7) is 1.95. The molecule has 102 valence electrons. The molecule has 2 N–H and O–H groups in total. The van der Waals surface area contributed by atoms with E-state index in [1.54, 1.807) is 6.92 Å². The SMILES string of the molecule is CC=C([C@H]1CCN(c2cnccn2)C1=O)S(N)(=O)=O. The highest BCUT2D eigenvalue weighted by atomic mass is 32.2. The van der Waals surface area contributed by atoms with Gasteiger partial charge in [-0.15, -0.1) is 0 Å². The quantitative estimate of drug-likeness (QED) is 0.841. The molecule has 1 aromatic rings.